The van der Waals surface area contributed by atoms with Crippen LogP contribution in [0.3, 0.4) is 0 Å². The Hall–Kier alpha value is -0.820. The fourth-order valence-electron chi connectivity index (χ4n) is 3.57. The van der Waals surface area contributed by atoms with Crippen molar-refractivity contribution in [2.45, 2.75) is 64.5 Å². The van der Waals surface area contributed by atoms with Crippen LogP contribution in [0.5, 0.6) is 0 Å². The molecule has 0 bridgehead atoms. The Labute approximate surface area is 118 Å². The molecule has 1 aromatic carbocycles. The van der Waals surface area contributed by atoms with Gasteiger partial charge in [-0.15, -0.1) is 0 Å². The predicted molar refractivity (Wildman–Crippen MR) is 81.3 cm³/mol. The van der Waals surface area contributed by atoms with Gasteiger partial charge in [0.15, 0.2) is 0 Å². The van der Waals surface area contributed by atoms with E-state index in [9.17, 15) is 0 Å². The molecule has 2 fully saturated rings. The Morgan fingerprint density at radius 3 is 2.53 bits per heavy atom. The van der Waals surface area contributed by atoms with Crippen molar-refractivity contribution < 1.29 is 0 Å². The van der Waals surface area contributed by atoms with Crippen LogP contribution in [0.25, 0.3) is 0 Å². The average Bonchev–Trinajstić information content (AvgIpc) is 3.02. The minimum atomic E-state index is 0.286. The molecule has 1 saturated carbocycles. The van der Waals surface area contributed by atoms with E-state index in [-0.39, 0.29) is 5.54 Å². The number of hydrogen-bond donors (Lipinski definition) is 0. The van der Waals surface area contributed by atoms with E-state index in [1.807, 2.05) is 0 Å². The van der Waals surface area contributed by atoms with Crippen molar-refractivity contribution in [3.05, 3.63) is 35.4 Å². The summed E-state index contributed by atoms with van der Waals surface area (Å²) in [5.74, 6) is 0.977. The molecule has 3 rings (SSSR count). The van der Waals surface area contributed by atoms with Gasteiger partial charge in [0.05, 0.1) is 0 Å². The Balaban J connectivity index is 1.87. The van der Waals surface area contributed by atoms with E-state index in [2.05, 4.69) is 49.9 Å². The highest BCUT2D eigenvalue weighted by Gasteiger charge is 2.35. The molecule has 0 spiro atoms. The molecule has 0 N–H and O–H groups in total. The molecular formula is C18H27N. The number of hydrogen-bond acceptors (Lipinski definition) is 1. The van der Waals surface area contributed by atoms with Crippen LogP contribution < -0.4 is 0 Å². The number of nitrogens with zero attached hydrogens (tertiary/aromatic N) is 1. The van der Waals surface area contributed by atoms with Crippen LogP contribution >= 0.6 is 0 Å². The summed E-state index contributed by atoms with van der Waals surface area (Å²) >= 11 is 0. The standard InChI is InChI=1S/C18H27N/c1-18(2,3)19-12-6-9-17(19)16-8-5-4-7-15(16)13-14-10-11-14/h4-5,7-8,14,17H,6,9-13H2,1-3H3. The first-order valence-corrected chi connectivity index (χ1v) is 7.90. The summed E-state index contributed by atoms with van der Waals surface area (Å²) in [6.07, 6.45) is 6.88. The van der Waals surface area contributed by atoms with Crippen LogP contribution in [0.4, 0.5) is 0 Å². The Bertz CT molecular complexity index is 439. The summed E-state index contributed by atoms with van der Waals surface area (Å²) in [7, 11) is 0. The van der Waals surface area contributed by atoms with E-state index in [0.717, 1.165) is 5.92 Å². The lowest BCUT2D eigenvalue weighted by Crippen LogP contribution is -2.40. The summed E-state index contributed by atoms with van der Waals surface area (Å²) in [6.45, 7) is 8.32. The molecule has 1 heteroatoms. The highest BCUT2D eigenvalue weighted by molar-refractivity contribution is 5.32. The minimum Gasteiger partial charge on any atom is -0.291 e. The summed E-state index contributed by atoms with van der Waals surface area (Å²) in [5, 5.41) is 0. The van der Waals surface area contributed by atoms with E-state index in [0.29, 0.717) is 6.04 Å². The zero-order chi connectivity index (χ0) is 13.5. The molecule has 1 atom stereocenters. The normalized spacial score (nSPS) is 24.9. The lowest BCUT2D eigenvalue weighted by molar-refractivity contribution is 0.121. The van der Waals surface area contributed by atoms with Crippen molar-refractivity contribution in [2.24, 2.45) is 5.92 Å². The lowest BCUT2D eigenvalue weighted by atomic mass is 9.93. The molecule has 104 valence electrons. The SMILES string of the molecule is CC(C)(C)N1CCCC1c1ccccc1CC1CC1. The number of likely N-dealkylation sites (tertiary alicyclic amines) is 1. The van der Waals surface area contributed by atoms with Gasteiger partial charge in [0.25, 0.3) is 0 Å². The van der Waals surface area contributed by atoms with E-state index in [1.165, 1.54) is 38.6 Å². The van der Waals surface area contributed by atoms with E-state index < -0.39 is 0 Å². The fraction of sp³-hybridized carbons (Fsp3) is 0.667. The molecule has 2 aliphatic rings. The summed E-state index contributed by atoms with van der Waals surface area (Å²) < 4.78 is 0. The van der Waals surface area contributed by atoms with Crippen LogP contribution in [-0.4, -0.2) is 17.0 Å². The van der Waals surface area contributed by atoms with E-state index in [4.69, 9.17) is 0 Å². The van der Waals surface area contributed by atoms with Gasteiger partial charge in [0, 0.05) is 11.6 Å². The number of benzene rings is 1. The highest BCUT2D eigenvalue weighted by atomic mass is 15.2. The van der Waals surface area contributed by atoms with Gasteiger partial charge in [-0.3, -0.25) is 4.90 Å². The van der Waals surface area contributed by atoms with Crippen LogP contribution in [0, 0.1) is 5.92 Å². The first-order valence-electron chi connectivity index (χ1n) is 7.90. The fourth-order valence-corrected chi connectivity index (χ4v) is 3.57. The maximum atomic E-state index is 2.71. The quantitative estimate of drug-likeness (QED) is 0.766. The van der Waals surface area contributed by atoms with Gasteiger partial charge in [0.2, 0.25) is 0 Å². The third kappa shape index (κ3) is 2.86. The smallest absolute Gasteiger partial charge is 0.0356 e. The van der Waals surface area contributed by atoms with Crippen LogP contribution in [0.1, 0.15) is 63.6 Å². The van der Waals surface area contributed by atoms with Crippen molar-refractivity contribution in [2.75, 3.05) is 6.54 Å². The Kier molecular flexibility index (Phi) is 3.42. The van der Waals surface area contributed by atoms with Gasteiger partial charge in [-0.2, -0.15) is 0 Å². The van der Waals surface area contributed by atoms with E-state index in [1.54, 1.807) is 11.1 Å². The summed E-state index contributed by atoms with van der Waals surface area (Å²) in [6, 6.07) is 9.84. The monoisotopic (exact) mass is 257 g/mol. The third-order valence-electron chi connectivity index (χ3n) is 4.73. The van der Waals surface area contributed by atoms with Crippen LogP contribution in [-0.2, 0) is 6.42 Å². The molecule has 1 saturated heterocycles. The zero-order valence-corrected chi connectivity index (χ0v) is 12.7. The topological polar surface area (TPSA) is 3.24 Å². The van der Waals surface area contributed by atoms with Crippen molar-refractivity contribution in [3.63, 3.8) is 0 Å². The van der Waals surface area contributed by atoms with Gasteiger partial charge in [0.1, 0.15) is 0 Å². The molecule has 1 aliphatic heterocycles. The third-order valence-corrected chi connectivity index (χ3v) is 4.73. The van der Waals surface area contributed by atoms with Crippen molar-refractivity contribution in [1.29, 1.82) is 0 Å². The maximum Gasteiger partial charge on any atom is 0.0356 e. The minimum absolute atomic E-state index is 0.286. The Morgan fingerprint density at radius 2 is 1.84 bits per heavy atom. The van der Waals surface area contributed by atoms with Gasteiger partial charge in [-0.05, 0) is 76.5 Å². The second-order valence-corrected chi connectivity index (χ2v) is 7.37. The van der Waals surface area contributed by atoms with Gasteiger partial charge < -0.3 is 0 Å². The molecule has 0 radical (unpaired) electrons. The Morgan fingerprint density at radius 1 is 1.11 bits per heavy atom. The van der Waals surface area contributed by atoms with Gasteiger partial charge in [-0.25, -0.2) is 0 Å². The lowest BCUT2D eigenvalue weighted by Gasteiger charge is -2.38. The summed E-state index contributed by atoms with van der Waals surface area (Å²) in [4.78, 5) is 2.71. The molecule has 0 amide bonds. The molecule has 1 unspecified atom stereocenters. The van der Waals surface area contributed by atoms with Crippen molar-refractivity contribution >= 4 is 0 Å². The summed E-state index contributed by atoms with van der Waals surface area (Å²) in [5.41, 5.74) is 3.52. The second-order valence-electron chi connectivity index (χ2n) is 7.37. The van der Waals surface area contributed by atoms with Crippen LogP contribution in [0.15, 0.2) is 24.3 Å². The maximum absolute atomic E-state index is 2.71. The van der Waals surface area contributed by atoms with Crippen molar-refractivity contribution in [3.8, 4) is 0 Å². The van der Waals surface area contributed by atoms with Crippen LogP contribution in [0.2, 0.25) is 0 Å². The molecule has 1 nitrogen and oxygen atoms in total. The van der Waals surface area contributed by atoms with Crippen molar-refractivity contribution in [1.82, 2.24) is 4.90 Å². The molecule has 19 heavy (non-hydrogen) atoms. The second kappa shape index (κ2) is 4.94. The molecule has 1 heterocycles. The highest BCUT2D eigenvalue weighted by Crippen LogP contribution is 2.41. The molecular weight excluding hydrogens is 230 g/mol. The molecule has 1 aromatic rings. The molecule has 0 aromatic heterocycles. The van der Waals surface area contributed by atoms with Gasteiger partial charge in [-0.1, -0.05) is 24.3 Å². The largest absolute Gasteiger partial charge is 0.291 e. The van der Waals surface area contributed by atoms with Gasteiger partial charge >= 0.3 is 0 Å². The van der Waals surface area contributed by atoms with E-state index >= 15 is 0 Å². The number of rotatable bonds is 3. The first-order chi connectivity index (χ1) is 9.05. The molecule has 1 aliphatic carbocycles. The zero-order valence-electron chi connectivity index (χ0n) is 12.7. The predicted octanol–water partition coefficient (Wildman–Crippen LogP) is 4.57. The first kappa shape index (κ1) is 13.2. The average molecular weight is 257 g/mol.